The SMILES string of the molecule is COc1cc(CBr)c([N+](=O)[O-])cc1OCC1(CC#N)CC1. The Kier molecular flexibility index (Phi) is 4.68. The summed E-state index contributed by atoms with van der Waals surface area (Å²) in [7, 11) is 1.49. The molecule has 1 saturated carbocycles. The Morgan fingerprint density at radius 1 is 1.48 bits per heavy atom. The first-order valence-electron chi connectivity index (χ1n) is 6.46. The molecule has 0 aliphatic heterocycles. The molecule has 0 N–H and O–H groups in total. The van der Waals surface area contributed by atoms with E-state index in [2.05, 4.69) is 22.0 Å². The average molecular weight is 355 g/mol. The van der Waals surface area contributed by atoms with Crippen LogP contribution in [0.25, 0.3) is 0 Å². The fourth-order valence-electron chi connectivity index (χ4n) is 2.09. The minimum absolute atomic E-state index is 0.00666. The van der Waals surface area contributed by atoms with Crippen molar-refractivity contribution in [2.24, 2.45) is 5.41 Å². The van der Waals surface area contributed by atoms with Crippen LogP contribution in [-0.2, 0) is 5.33 Å². The number of rotatable bonds is 7. The Morgan fingerprint density at radius 2 is 2.19 bits per heavy atom. The molecule has 1 aliphatic rings. The number of alkyl halides is 1. The second-order valence-corrected chi connectivity index (χ2v) is 5.71. The van der Waals surface area contributed by atoms with Gasteiger partial charge in [0.25, 0.3) is 5.69 Å². The highest BCUT2D eigenvalue weighted by molar-refractivity contribution is 9.08. The zero-order chi connectivity index (χ0) is 15.5. The summed E-state index contributed by atoms with van der Waals surface area (Å²) in [4.78, 5) is 10.7. The lowest BCUT2D eigenvalue weighted by Crippen LogP contribution is -2.13. The monoisotopic (exact) mass is 354 g/mol. The third-order valence-corrected chi connectivity index (χ3v) is 4.25. The molecule has 1 aromatic carbocycles. The minimum atomic E-state index is -0.439. The van der Waals surface area contributed by atoms with E-state index >= 15 is 0 Å². The minimum Gasteiger partial charge on any atom is -0.493 e. The highest BCUT2D eigenvalue weighted by Gasteiger charge is 2.43. The van der Waals surface area contributed by atoms with Gasteiger partial charge in [0.15, 0.2) is 11.5 Å². The summed E-state index contributed by atoms with van der Waals surface area (Å²) in [5.74, 6) is 0.806. The maximum absolute atomic E-state index is 11.1. The van der Waals surface area contributed by atoms with E-state index in [0.717, 1.165) is 12.8 Å². The van der Waals surface area contributed by atoms with Crippen molar-refractivity contribution in [2.75, 3.05) is 13.7 Å². The predicted octanol–water partition coefficient (Wildman–Crippen LogP) is 3.57. The number of nitro benzene ring substituents is 1. The Balaban J connectivity index is 2.23. The number of halogens is 1. The number of methoxy groups -OCH3 is 1. The van der Waals surface area contributed by atoms with E-state index in [1.807, 2.05) is 0 Å². The highest BCUT2D eigenvalue weighted by Crippen LogP contribution is 2.49. The lowest BCUT2D eigenvalue weighted by molar-refractivity contribution is -0.385. The maximum Gasteiger partial charge on any atom is 0.277 e. The summed E-state index contributed by atoms with van der Waals surface area (Å²) in [6, 6.07) is 5.15. The van der Waals surface area contributed by atoms with Crippen molar-refractivity contribution in [1.29, 1.82) is 5.26 Å². The topological polar surface area (TPSA) is 85.4 Å². The van der Waals surface area contributed by atoms with Gasteiger partial charge < -0.3 is 9.47 Å². The largest absolute Gasteiger partial charge is 0.493 e. The van der Waals surface area contributed by atoms with Gasteiger partial charge in [0.05, 0.1) is 30.8 Å². The van der Waals surface area contributed by atoms with Crippen molar-refractivity contribution in [3.05, 3.63) is 27.8 Å². The van der Waals surface area contributed by atoms with Gasteiger partial charge in [-0.3, -0.25) is 10.1 Å². The van der Waals surface area contributed by atoms with E-state index < -0.39 is 4.92 Å². The van der Waals surface area contributed by atoms with E-state index in [1.165, 1.54) is 13.2 Å². The van der Waals surface area contributed by atoms with Gasteiger partial charge in [-0.05, 0) is 18.9 Å². The van der Waals surface area contributed by atoms with Crippen molar-refractivity contribution < 1.29 is 14.4 Å². The van der Waals surface area contributed by atoms with Crippen LogP contribution in [0.1, 0.15) is 24.8 Å². The van der Waals surface area contributed by atoms with Crippen LogP contribution in [0.3, 0.4) is 0 Å². The number of nitrogens with zero attached hydrogens (tertiary/aromatic N) is 2. The number of nitro groups is 1. The summed E-state index contributed by atoms with van der Waals surface area (Å²) < 4.78 is 10.9. The molecule has 0 spiro atoms. The van der Waals surface area contributed by atoms with Gasteiger partial charge in [0.1, 0.15) is 0 Å². The highest BCUT2D eigenvalue weighted by atomic mass is 79.9. The molecule has 0 radical (unpaired) electrons. The fraction of sp³-hybridized carbons (Fsp3) is 0.500. The molecule has 112 valence electrons. The van der Waals surface area contributed by atoms with E-state index in [1.54, 1.807) is 6.07 Å². The number of benzene rings is 1. The summed E-state index contributed by atoms with van der Waals surface area (Å²) in [6.07, 6.45) is 2.34. The van der Waals surface area contributed by atoms with Gasteiger partial charge in [-0.1, -0.05) is 15.9 Å². The van der Waals surface area contributed by atoms with Crippen molar-refractivity contribution in [2.45, 2.75) is 24.6 Å². The molecule has 7 heteroatoms. The fourth-order valence-corrected chi connectivity index (χ4v) is 2.54. The number of hydrogen-bond donors (Lipinski definition) is 0. The molecule has 0 atom stereocenters. The van der Waals surface area contributed by atoms with Gasteiger partial charge in [-0.25, -0.2) is 0 Å². The van der Waals surface area contributed by atoms with Crippen molar-refractivity contribution in [1.82, 2.24) is 0 Å². The van der Waals surface area contributed by atoms with Crippen molar-refractivity contribution in [3.63, 3.8) is 0 Å². The number of hydrogen-bond acceptors (Lipinski definition) is 5. The summed E-state index contributed by atoms with van der Waals surface area (Å²) in [6.45, 7) is 0.377. The van der Waals surface area contributed by atoms with Crippen LogP contribution < -0.4 is 9.47 Å². The molecule has 6 nitrogen and oxygen atoms in total. The molecule has 0 amide bonds. The molecule has 2 rings (SSSR count). The van der Waals surface area contributed by atoms with Crippen LogP contribution in [0.2, 0.25) is 0 Å². The lowest BCUT2D eigenvalue weighted by Gasteiger charge is -2.16. The van der Waals surface area contributed by atoms with Gasteiger partial charge >= 0.3 is 0 Å². The first kappa shape index (κ1) is 15.6. The molecule has 0 saturated heterocycles. The van der Waals surface area contributed by atoms with Crippen LogP contribution in [0.15, 0.2) is 12.1 Å². The van der Waals surface area contributed by atoms with Crippen LogP contribution in [0.4, 0.5) is 5.69 Å². The molecule has 0 unspecified atom stereocenters. The molecule has 21 heavy (non-hydrogen) atoms. The summed E-state index contributed by atoms with van der Waals surface area (Å²) in [5, 5.41) is 20.3. The van der Waals surface area contributed by atoms with E-state index in [0.29, 0.717) is 35.4 Å². The van der Waals surface area contributed by atoms with Gasteiger partial charge in [0, 0.05) is 22.7 Å². The summed E-state index contributed by atoms with van der Waals surface area (Å²) in [5.41, 5.74) is 0.429. The Labute approximate surface area is 130 Å². The Morgan fingerprint density at radius 3 is 2.67 bits per heavy atom. The molecule has 0 heterocycles. The standard InChI is InChI=1S/C14H15BrN2O4/c1-20-12-6-10(8-15)11(17(18)19)7-13(12)21-9-14(2-3-14)4-5-16/h6-7H,2-4,8-9H2,1H3. The maximum atomic E-state index is 11.1. The molecular weight excluding hydrogens is 340 g/mol. The molecule has 0 bridgehead atoms. The Hall–Kier alpha value is -1.81. The van der Waals surface area contributed by atoms with Crippen LogP contribution in [0, 0.1) is 26.9 Å². The van der Waals surface area contributed by atoms with Crippen molar-refractivity contribution in [3.8, 4) is 17.6 Å². The van der Waals surface area contributed by atoms with Crippen LogP contribution in [0.5, 0.6) is 11.5 Å². The lowest BCUT2D eigenvalue weighted by atomic mass is 10.1. The van der Waals surface area contributed by atoms with Gasteiger partial charge in [-0.2, -0.15) is 5.26 Å². The summed E-state index contributed by atoms with van der Waals surface area (Å²) >= 11 is 3.23. The molecule has 1 fully saturated rings. The van der Waals surface area contributed by atoms with E-state index in [4.69, 9.17) is 14.7 Å². The Bertz CT molecular complexity index is 593. The first-order chi connectivity index (χ1) is 10.0. The number of ether oxygens (including phenoxy) is 2. The number of nitriles is 1. The van der Waals surface area contributed by atoms with Gasteiger partial charge in [0.2, 0.25) is 0 Å². The second kappa shape index (κ2) is 6.31. The molecular formula is C14H15BrN2O4. The quantitative estimate of drug-likeness (QED) is 0.424. The molecule has 1 aromatic rings. The first-order valence-corrected chi connectivity index (χ1v) is 7.58. The smallest absolute Gasteiger partial charge is 0.277 e. The van der Waals surface area contributed by atoms with Crippen LogP contribution >= 0.6 is 15.9 Å². The van der Waals surface area contributed by atoms with Crippen LogP contribution in [-0.4, -0.2) is 18.6 Å². The normalized spacial score (nSPS) is 15.1. The van der Waals surface area contributed by atoms with Crippen molar-refractivity contribution >= 4 is 21.6 Å². The third kappa shape index (κ3) is 3.45. The molecule has 0 aromatic heterocycles. The zero-order valence-electron chi connectivity index (χ0n) is 11.6. The van der Waals surface area contributed by atoms with Gasteiger partial charge in [-0.15, -0.1) is 0 Å². The third-order valence-electron chi connectivity index (χ3n) is 3.65. The van der Waals surface area contributed by atoms with E-state index in [-0.39, 0.29) is 11.1 Å². The zero-order valence-corrected chi connectivity index (χ0v) is 13.2. The van der Waals surface area contributed by atoms with E-state index in [9.17, 15) is 10.1 Å². The average Bonchev–Trinajstić information content (AvgIpc) is 3.24. The predicted molar refractivity (Wildman–Crippen MR) is 79.7 cm³/mol. The molecule has 1 aliphatic carbocycles. The second-order valence-electron chi connectivity index (χ2n) is 5.15.